The predicted molar refractivity (Wildman–Crippen MR) is 77.8 cm³/mol. The summed E-state index contributed by atoms with van der Waals surface area (Å²) in [4.78, 5) is 23.6. The third-order valence-corrected chi connectivity index (χ3v) is 3.91. The molecule has 22 heavy (non-hydrogen) atoms. The summed E-state index contributed by atoms with van der Waals surface area (Å²) in [5, 5.41) is 19.3. The van der Waals surface area contributed by atoms with Crippen LogP contribution in [-0.4, -0.2) is 22.0 Å². The van der Waals surface area contributed by atoms with Gasteiger partial charge in [-0.25, -0.2) is 0 Å². The Labute approximate surface area is 151 Å². The van der Waals surface area contributed by atoms with Gasteiger partial charge in [-0.05, 0) is 36.1 Å². The third kappa shape index (κ3) is 2.95. The molecule has 2 N–H and O–H groups in total. The Morgan fingerprint density at radius 3 is 2.45 bits per heavy atom. The van der Waals surface area contributed by atoms with Crippen molar-refractivity contribution in [2.24, 2.45) is 0 Å². The molecule has 1 aliphatic carbocycles. The minimum Gasteiger partial charge on any atom is -1.00 e. The summed E-state index contributed by atoms with van der Waals surface area (Å²) >= 11 is 0. The number of benzene rings is 2. The maximum Gasteiger partial charge on any atom is 1.00 e. The van der Waals surface area contributed by atoms with Crippen molar-refractivity contribution < 1.29 is 50.8 Å². The van der Waals surface area contributed by atoms with E-state index in [4.69, 9.17) is 5.11 Å². The number of phenolic OH excluding ortho intramolecular Hbond substituents is 1. The first-order valence-electron chi connectivity index (χ1n) is 6.76. The van der Waals surface area contributed by atoms with E-state index < -0.39 is 11.9 Å². The largest absolute Gasteiger partial charge is 1.00 e. The Balaban J connectivity index is 0.00000132. The molecule has 2 aromatic rings. The topological polar surface area (TPSA) is 74.6 Å². The van der Waals surface area contributed by atoms with Crippen LogP contribution in [-0.2, 0) is 11.2 Å². The molecule has 5 heteroatoms. The summed E-state index contributed by atoms with van der Waals surface area (Å²) in [6.07, 6.45) is 1.12. The van der Waals surface area contributed by atoms with E-state index in [0.29, 0.717) is 24.0 Å². The van der Waals surface area contributed by atoms with Crippen molar-refractivity contribution in [3.63, 3.8) is 0 Å². The smallest absolute Gasteiger partial charge is 1.00 e. The third-order valence-electron chi connectivity index (χ3n) is 3.91. The second kappa shape index (κ2) is 6.65. The first-order chi connectivity index (χ1) is 10.1. The molecule has 4 nitrogen and oxygen atoms in total. The van der Waals surface area contributed by atoms with E-state index in [0.717, 1.165) is 5.56 Å². The van der Waals surface area contributed by atoms with Gasteiger partial charge in [0.2, 0.25) is 0 Å². The van der Waals surface area contributed by atoms with Crippen LogP contribution in [0.5, 0.6) is 5.75 Å². The van der Waals surface area contributed by atoms with Gasteiger partial charge >= 0.3 is 35.5 Å². The van der Waals surface area contributed by atoms with E-state index in [2.05, 4.69) is 0 Å². The molecule has 0 fully saturated rings. The zero-order valence-electron chi connectivity index (χ0n) is 13.2. The van der Waals surface area contributed by atoms with Gasteiger partial charge in [0.1, 0.15) is 5.75 Å². The second-order valence-electron chi connectivity index (χ2n) is 5.19. The Morgan fingerprint density at radius 2 is 1.82 bits per heavy atom. The van der Waals surface area contributed by atoms with E-state index >= 15 is 0 Å². The molecule has 0 aromatic heterocycles. The number of hydrogen-bond donors (Lipinski definition) is 2. The van der Waals surface area contributed by atoms with Crippen molar-refractivity contribution in [3.8, 4) is 5.75 Å². The van der Waals surface area contributed by atoms with Crippen LogP contribution in [0.25, 0.3) is 0 Å². The Kier molecular flexibility index (Phi) is 5.06. The monoisotopic (exact) mass is 306 g/mol. The fourth-order valence-corrected chi connectivity index (χ4v) is 2.83. The minimum atomic E-state index is -0.893. The summed E-state index contributed by atoms with van der Waals surface area (Å²) in [5.74, 6) is -1.90. The average molecular weight is 306 g/mol. The number of carbonyl (C=O) groups is 2. The van der Waals surface area contributed by atoms with Gasteiger partial charge < -0.3 is 11.6 Å². The summed E-state index contributed by atoms with van der Waals surface area (Å²) in [7, 11) is 0. The van der Waals surface area contributed by atoms with Crippen LogP contribution >= 0.6 is 0 Å². The molecule has 1 unspecified atom stereocenters. The van der Waals surface area contributed by atoms with Crippen LogP contribution in [0.2, 0.25) is 0 Å². The second-order valence-corrected chi connectivity index (χ2v) is 5.19. The number of aryl methyl sites for hydroxylation is 1. The average Bonchev–Trinajstić information content (AvgIpc) is 2.89. The number of ketones is 1. The molecule has 0 aliphatic heterocycles. The summed E-state index contributed by atoms with van der Waals surface area (Å²) < 4.78 is 0. The standard InChI is InChI=1S/C17H14O4.Na.H/c18-15-9-13-11(6-7-12(13)17(20)21)8-14(15)16(19)10-4-2-1-3-5-10;;/h1-5,8-9,12,18H,6-7H2,(H,20,21);;/q;+1;-1. The quantitative estimate of drug-likeness (QED) is 0.611. The molecule has 0 saturated carbocycles. The van der Waals surface area contributed by atoms with Crippen LogP contribution in [0.4, 0.5) is 0 Å². The van der Waals surface area contributed by atoms with Gasteiger partial charge in [-0.15, -0.1) is 0 Å². The zero-order valence-corrected chi connectivity index (χ0v) is 14.2. The van der Waals surface area contributed by atoms with Crippen molar-refractivity contribution in [1.82, 2.24) is 0 Å². The molecule has 2 aromatic carbocycles. The first kappa shape index (κ1) is 16.7. The van der Waals surface area contributed by atoms with Gasteiger partial charge in [-0.1, -0.05) is 30.3 Å². The van der Waals surface area contributed by atoms with Crippen molar-refractivity contribution in [3.05, 3.63) is 64.7 Å². The van der Waals surface area contributed by atoms with E-state index in [1.807, 2.05) is 6.07 Å². The number of hydrogen-bond acceptors (Lipinski definition) is 3. The van der Waals surface area contributed by atoms with Crippen molar-refractivity contribution >= 4 is 11.8 Å². The Bertz CT molecular complexity index is 731. The maximum absolute atomic E-state index is 12.4. The summed E-state index contributed by atoms with van der Waals surface area (Å²) in [6, 6.07) is 11.8. The van der Waals surface area contributed by atoms with Crippen molar-refractivity contribution in [1.29, 1.82) is 0 Å². The summed E-state index contributed by atoms with van der Waals surface area (Å²) in [5.41, 5.74) is 2.18. The maximum atomic E-state index is 12.4. The molecule has 3 rings (SSSR count). The number of carboxylic acids is 1. The van der Waals surface area contributed by atoms with Gasteiger partial charge in [0.25, 0.3) is 0 Å². The molecule has 1 aliphatic rings. The van der Waals surface area contributed by atoms with Crippen molar-refractivity contribution in [2.75, 3.05) is 0 Å². The molecular formula is C17H15NaO4. The Hall–Kier alpha value is -1.62. The van der Waals surface area contributed by atoms with E-state index in [1.165, 1.54) is 6.07 Å². The normalized spacial score (nSPS) is 15.7. The number of phenols is 1. The van der Waals surface area contributed by atoms with Crippen LogP contribution in [0, 0.1) is 0 Å². The van der Waals surface area contributed by atoms with Crippen LogP contribution in [0.1, 0.15) is 40.8 Å². The van der Waals surface area contributed by atoms with E-state index in [-0.39, 0.29) is 48.1 Å². The van der Waals surface area contributed by atoms with E-state index in [1.54, 1.807) is 30.3 Å². The number of carboxylic acid groups (broad SMARTS) is 1. The SMILES string of the molecule is O=C(c1ccccc1)c1cc2c(cc1O)C(C(=O)O)CC2.[H-].[Na+]. The predicted octanol–water partition coefficient (Wildman–Crippen LogP) is -0.146. The van der Waals surface area contributed by atoms with Gasteiger partial charge in [0.05, 0.1) is 11.5 Å². The molecule has 0 radical (unpaired) electrons. The number of fused-ring (bicyclic) bond motifs is 1. The zero-order chi connectivity index (χ0) is 15.0. The Morgan fingerprint density at radius 1 is 1.14 bits per heavy atom. The molecule has 0 bridgehead atoms. The molecule has 0 spiro atoms. The van der Waals surface area contributed by atoms with Crippen molar-refractivity contribution in [2.45, 2.75) is 18.8 Å². The number of rotatable bonds is 3. The van der Waals surface area contributed by atoms with Gasteiger partial charge in [0.15, 0.2) is 5.78 Å². The minimum absolute atomic E-state index is 0. The van der Waals surface area contributed by atoms with Crippen LogP contribution < -0.4 is 29.6 Å². The van der Waals surface area contributed by atoms with Crippen LogP contribution in [0.3, 0.4) is 0 Å². The molecule has 1 atom stereocenters. The molecule has 108 valence electrons. The van der Waals surface area contributed by atoms with Gasteiger partial charge in [-0.3, -0.25) is 9.59 Å². The van der Waals surface area contributed by atoms with Gasteiger partial charge in [-0.2, -0.15) is 0 Å². The fourth-order valence-electron chi connectivity index (χ4n) is 2.83. The summed E-state index contributed by atoms with van der Waals surface area (Å²) in [6.45, 7) is 0. The van der Waals surface area contributed by atoms with Crippen LogP contribution in [0.15, 0.2) is 42.5 Å². The fraction of sp³-hybridized carbons (Fsp3) is 0.176. The number of carbonyl (C=O) groups excluding carboxylic acids is 1. The molecular weight excluding hydrogens is 291 g/mol. The molecule has 0 saturated heterocycles. The first-order valence-corrected chi connectivity index (χ1v) is 6.76. The number of aliphatic carboxylic acids is 1. The number of aromatic hydroxyl groups is 1. The molecule has 0 heterocycles. The molecule has 0 amide bonds. The van der Waals surface area contributed by atoms with Gasteiger partial charge in [0, 0.05) is 5.56 Å². The van der Waals surface area contributed by atoms with E-state index in [9.17, 15) is 14.7 Å².